The smallest absolute Gasteiger partial charge is 0.225 e. The molecule has 44 heavy (non-hydrogen) atoms. The summed E-state index contributed by atoms with van der Waals surface area (Å²) in [5.74, 6) is -0.142. The number of hydrogen-bond acceptors (Lipinski definition) is 6. The largest absolute Gasteiger partial charge is 0.497 e. The van der Waals surface area contributed by atoms with Gasteiger partial charge in [0.25, 0.3) is 0 Å². The van der Waals surface area contributed by atoms with Gasteiger partial charge in [0.05, 0.1) is 25.2 Å². The number of halogens is 1. The summed E-state index contributed by atoms with van der Waals surface area (Å²) < 4.78 is 25.4. The van der Waals surface area contributed by atoms with Crippen molar-refractivity contribution in [2.45, 2.75) is 44.6 Å². The molecule has 0 bridgehead atoms. The molecular formula is C36H42FN3O4. The van der Waals surface area contributed by atoms with Gasteiger partial charge in [0.15, 0.2) is 0 Å². The van der Waals surface area contributed by atoms with E-state index in [1.54, 1.807) is 26.3 Å². The number of carbonyl (C=O) groups excluding carboxylic acids is 1. The average molecular weight is 600 g/mol. The number of benzene rings is 4. The maximum Gasteiger partial charge on any atom is 0.225 e. The topological polar surface area (TPSA) is 106 Å². The van der Waals surface area contributed by atoms with Crippen molar-refractivity contribution < 1.29 is 23.8 Å². The van der Waals surface area contributed by atoms with E-state index in [9.17, 15) is 14.3 Å². The highest BCUT2D eigenvalue weighted by Crippen LogP contribution is 2.35. The lowest BCUT2D eigenvalue weighted by molar-refractivity contribution is -0.125. The van der Waals surface area contributed by atoms with Crippen molar-refractivity contribution in [1.82, 2.24) is 5.32 Å². The molecule has 5 N–H and O–H groups in total. The average Bonchev–Trinajstić information content (AvgIpc) is 3.08. The molecule has 0 saturated carbocycles. The number of aliphatic hydroxyl groups excluding tert-OH is 1. The number of ether oxygens (including phenoxy) is 2. The maximum absolute atomic E-state index is 13.7. The number of methoxy groups -OCH3 is 1. The first-order valence-corrected chi connectivity index (χ1v) is 14.9. The standard InChI is InChI=1S/C36H42FN3O4/c1-24(35(41)27-7-5-4-6-8-27)33(44-31-19-13-28(37)14-20-31)22-21-32(36(42)39-2)34(26-11-17-30(43-3)18-12-26)40-29-15-9-25(23-38)10-16-29/h4-20,24,32-35,40-41H,21-23,38H2,1-3H3,(H,39,42)/t24-,32?,33?,34-,35+/m1/s1. The maximum atomic E-state index is 13.7. The van der Waals surface area contributed by atoms with E-state index in [1.165, 1.54) is 12.1 Å². The quantitative estimate of drug-likeness (QED) is 0.126. The van der Waals surface area contributed by atoms with Gasteiger partial charge in [-0.2, -0.15) is 0 Å². The molecule has 1 amide bonds. The zero-order chi connectivity index (χ0) is 31.5. The molecule has 0 saturated heterocycles. The molecule has 0 aliphatic heterocycles. The van der Waals surface area contributed by atoms with E-state index < -0.39 is 24.2 Å². The van der Waals surface area contributed by atoms with Crippen LogP contribution in [0.3, 0.4) is 0 Å². The third-order valence-electron chi connectivity index (χ3n) is 8.06. The minimum Gasteiger partial charge on any atom is -0.497 e. The first-order chi connectivity index (χ1) is 21.3. The number of hydrogen-bond donors (Lipinski definition) is 4. The number of nitrogens with one attached hydrogen (secondary N) is 2. The Labute approximate surface area is 259 Å². The summed E-state index contributed by atoms with van der Waals surface area (Å²) in [6.45, 7) is 2.37. The Balaban J connectivity index is 1.65. The Kier molecular flexibility index (Phi) is 11.7. The SMILES string of the molecule is CNC(=O)C(CCC(Oc1ccc(F)cc1)[C@@H](C)[C@H](O)c1ccccc1)[C@H](Nc1ccc(CN)cc1)c1ccc(OC)cc1. The lowest BCUT2D eigenvalue weighted by Gasteiger charge is -2.32. The lowest BCUT2D eigenvalue weighted by atomic mass is 9.84. The van der Waals surface area contributed by atoms with Crippen LogP contribution in [0.2, 0.25) is 0 Å². The normalized spacial score (nSPS) is 14.5. The first-order valence-electron chi connectivity index (χ1n) is 14.9. The number of rotatable bonds is 15. The van der Waals surface area contributed by atoms with Crippen molar-refractivity contribution in [3.05, 3.63) is 126 Å². The zero-order valence-electron chi connectivity index (χ0n) is 25.5. The van der Waals surface area contributed by atoms with E-state index in [2.05, 4.69) is 10.6 Å². The molecule has 0 aromatic heterocycles. The summed E-state index contributed by atoms with van der Waals surface area (Å²) in [5, 5.41) is 17.8. The molecule has 232 valence electrons. The van der Waals surface area contributed by atoms with Crippen LogP contribution in [0.4, 0.5) is 10.1 Å². The second-order valence-corrected chi connectivity index (χ2v) is 10.9. The first kappa shape index (κ1) is 32.5. The Morgan fingerprint density at radius 3 is 2.09 bits per heavy atom. The molecule has 7 nitrogen and oxygen atoms in total. The van der Waals surface area contributed by atoms with Gasteiger partial charge in [0.1, 0.15) is 23.4 Å². The number of amides is 1. The van der Waals surface area contributed by atoms with E-state index in [0.717, 1.165) is 22.4 Å². The lowest BCUT2D eigenvalue weighted by Crippen LogP contribution is -2.37. The van der Waals surface area contributed by atoms with Gasteiger partial charge in [-0.05, 0) is 78.1 Å². The Morgan fingerprint density at radius 2 is 1.50 bits per heavy atom. The third kappa shape index (κ3) is 8.58. The van der Waals surface area contributed by atoms with Crippen LogP contribution in [0.1, 0.15) is 48.6 Å². The Hall–Kier alpha value is -4.40. The van der Waals surface area contributed by atoms with Crippen molar-refractivity contribution in [3.8, 4) is 11.5 Å². The second kappa shape index (κ2) is 15.9. The monoisotopic (exact) mass is 599 g/mol. The van der Waals surface area contributed by atoms with E-state index >= 15 is 0 Å². The predicted octanol–water partition coefficient (Wildman–Crippen LogP) is 6.41. The van der Waals surface area contributed by atoms with E-state index in [0.29, 0.717) is 30.9 Å². The molecule has 0 fully saturated rings. The van der Waals surface area contributed by atoms with Crippen LogP contribution in [0, 0.1) is 17.7 Å². The molecule has 0 aliphatic carbocycles. The van der Waals surface area contributed by atoms with Gasteiger partial charge in [0, 0.05) is 25.2 Å². The molecule has 0 spiro atoms. The van der Waals surface area contributed by atoms with Crippen LogP contribution in [0.5, 0.6) is 11.5 Å². The minimum atomic E-state index is -0.809. The summed E-state index contributed by atoms with van der Waals surface area (Å²) in [5.41, 5.74) is 9.35. The van der Waals surface area contributed by atoms with Crippen LogP contribution in [-0.2, 0) is 11.3 Å². The van der Waals surface area contributed by atoms with E-state index in [4.69, 9.17) is 15.2 Å². The van der Waals surface area contributed by atoms with Crippen molar-refractivity contribution in [2.24, 2.45) is 17.6 Å². The van der Waals surface area contributed by atoms with Crippen LogP contribution in [0.25, 0.3) is 0 Å². The molecule has 4 aromatic rings. The van der Waals surface area contributed by atoms with Crippen molar-refractivity contribution in [2.75, 3.05) is 19.5 Å². The van der Waals surface area contributed by atoms with Crippen LogP contribution in [0.15, 0.2) is 103 Å². The zero-order valence-corrected chi connectivity index (χ0v) is 25.5. The molecule has 4 rings (SSSR count). The third-order valence-corrected chi connectivity index (χ3v) is 8.06. The van der Waals surface area contributed by atoms with E-state index in [-0.39, 0.29) is 17.6 Å². The fraction of sp³-hybridized carbons (Fsp3) is 0.306. The van der Waals surface area contributed by atoms with Crippen molar-refractivity contribution >= 4 is 11.6 Å². The molecule has 0 radical (unpaired) electrons. The summed E-state index contributed by atoms with van der Waals surface area (Å²) in [6.07, 6.45) is -0.414. The van der Waals surface area contributed by atoms with Gasteiger partial charge in [-0.3, -0.25) is 4.79 Å². The second-order valence-electron chi connectivity index (χ2n) is 10.9. The van der Waals surface area contributed by atoms with Crippen LogP contribution < -0.4 is 25.8 Å². The van der Waals surface area contributed by atoms with Crippen LogP contribution in [-0.4, -0.2) is 31.3 Å². The van der Waals surface area contributed by atoms with Crippen LogP contribution >= 0.6 is 0 Å². The number of carbonyl (C=O) groups is 1. The van der Waals surface area contributed by atoms with Gasteiger partial charge in [0.2, 0.25) is 5.91 Å². The highest BCUT2D eigenvalue weighted by molar-refractivity contribution is 5.80. The fourth-order valence-corrected chi connectivity index (χ4v) is 5.40. The summed E-state index contributed by atoms with van der Waals surface area (Å²) in [4.78, 5) is 13.5. The molecule has 0 aliphatic rings. The minimum absolute atomic E-state index is 0.131. The molecule has 2 unspecified atom stereocenters. The molecular weight excluding hydrogens is 557 g/mol. The number of aliphatic hydroxyl groups is 1. The van der Waals surface area contributed by atoms with Gasteiger partial charge in [-0.25, -0.2) is 4.39 Å². The summed E-state index contributed by atoms with van der Waals surface area (Å²) >= 11 is 0. The van der Waals surface area contributed by atoms with Gasteiger partial charge < -0.3 is 30.9 Å². The predicted molar refractivity (Wildman–Crippen MR) is 172 cm³/mol. The molecule has 4 aromatic carbocycles. The number of anilines is 1. The number of nitrogens with two attached hydrogens (primary N) is 1. The molecule has 8 heteroatoms. The molecule has 5 atom stereocenters. The fourth-order valence-electron chi connectivity index (χ4n) is 5.40. The van der Waals surface area contributed by atoms with Gasteiger partial charge in [-0.1, -0.05) is 61.5 Å². The van der Waals surface area contributed by atoms with Crippen molar-refractivity contribution in [1.29, 1.82) is 0 Å². The van der Waals surface area contributed by atoms with E-state index in [1.807, 2.05) is 85.8 Å². The Bertz CT molecular complexity index is 1430. The Morgan fingerprint density at radius 1 is 0.864 bits per heavy atom. The van der Waals surface area contributed by atoms with Gasteiger partial charge >= 0.3 is 0 Å². The molecule has 0 heterocycles. The highest BCUT2D eigenvalue weighted by atomic mass is 19.1. The summed E-state index contributed by atoms with van der Waals surface area (Å²) in [6, 6.07) is 30.4. The van der Waals surface area contributed by atoms with Gasteiger partial charge in [-0.15, -0.1) is 0 Å². The highest BCUT2D eigenvalue weighted by Gasteiger charge is 2.33. The summed E-state index contributed by atoms with van der Waals surface area (Å²) in [7, 11) is 3.24. The van der Waals surface area contributed by atoms with Crippen molar-refractivity contribution in [3.63, 3.8) is 0 Å².